The summed E-state index contributed by atoms with van der Waals surface area (Å²) in [5.41, 5.74) is -0.135. The lowest BCUT2D eigenvalue weighted by atomic mass is 10.1. The predicted octanol–water partition coefficient (Wildman–Crippen LogP) is 3.25. The van der Waals surface area contributed by atoms with Gasteiger partial charge < -0.3 is 15.0 Å². The summed E-state index contributed by atoms with van der Waals surface area (Å²) >= 11 is 0. The maximum absolute atomic E-state index is 13.6. The minimum absolute atomic E-state index is 0.135. The van der Waals surface area contributed by atoms with E-state index in [9.17, 15) is 13.6 Å². The molecule has 1 heterocycles. The van der Waals surface area contributed by atoms with Crippen molar-refractivity contribution >= 4 is 11.7 Å². The lowest BCUT2D eigenvalue weighted by molar-refractivity contribution is 0.169. The molecule has 1 aromatic rings. The summed E-state index contributed by atoms with van der Waals surface area (Å²) in [6.07, 6.45) is 1.72. The molecule has 6 heteroatoms. The number of benzene rings is 1. The van der Waals surface area contributed by atoms with Crippen LogP contribution >= 0.6 is 0 Å². The SMILES string of the molecule is CCCN(CC1CCOC1)C(=O)Nc1cc(F)ccc1F. The molecule has 0 aromatic heterocycles. The fourth-order valence-electron chi connectivity index (χ4n) is 2.37. The Morgan fingerprint density at radius 3 is 2.95 bits per heavy atom. The van der Waals surface area contributed by atoms with Gasteiger partial charge in [0.15, 0.2) is 0 Å². The molecule has 1 fully saturated rings. The van der Waals surface area contributed by atoms with E-state index >= 15 is 0 Å². The van der Waals surface area contributed by atoms with Gasteiger partial charge in [0.2, 0.25) is 0 Å². The molecular formula is C15H20F2N2O2. The first-order valence-corrected chi connectivity index (χ1v) is 7.19. The van der Waals surface area contributed by atoms with E-state index in [4.69, 9.17) is 4.74 Å². The quantitative estimate of drug-likeness (QED) is 0.906. The number of hydrogen-bond donors (Lipinski definition) is 1. The molecular weight excluding hydrogens is 278 g/mol. The first kappa shape index (κ1) is 15.7. The molecule has 116 valence electrons. The van der Waals surface area contributed by atoms with Gasteiger partial charge in [-0.1, -0.05) is 6.92 Å². The minimum Gasteiger partial charge on any atom is -0.381 e. The van der Waals surface area contributed by atoms with Gasteiger partial charge in [0.05, 0.1) is 12.3 Å². The van der Waals surface area contributed by atoms with Gasteiger partial charge in [0.1, 0.15) is 11.6 Å². The van der Waals surface area contributed by atoms with E-state index in [1.807, 2.05) is 6.92 Å². The molecule has 0 saturated carbocycles. The number of rotatable bonds is 5. The molecule has 0 bridgehead atoms. The van der Waals surface area contributed by atoms with Crippen molar-refractivity contribution in [3.05, 3.63) is 29.8 Å². The minimum atomic E-state index is -0.648. The first-order valence-electron chi connectivity index (χ1n) is 7.19. The van der Waals surface area contributed by atoms with Gasteiger partial charge in [0, 0.05) is 31.7 Å². The van der Waals surface area contributed by atoms with Gasteiger partial charge in [0.25, 0.3) is 0 Å². The summed E-state index contributed by atoms with van der Waals surface area (Å²) in [4.78, 5) is 13.9. The molecule has 0 spiro atoms. The molecule has 1 aromatic carbocycles. The molecule has 0 radical (unpaired) electrons. The smallest absolute Gasteiger partial charge is 0.321 e. The lowest BCUT2D eigenvalue weighted by Crippen LogP contribution is -2.39. The zero-order valence-electron chi connectivity index (χ0n) is 12.1. The maximum atomic E-state index is 13.6. The fraction of sp³-hybridized carbons (Fsp3) is 0.533. The van der Waals surface area contributed by atoms with E-state index in [0.717, 1.165) is 31.0 Å². The number of carbonyl (C=O) groups is 1. The Morgan fingerprint density at radius 2 is 2.29 bits per heavy atom. The Morgan fingerprint density at radius 1 is 1.48 bits per heavy atom. The second-order valence-corrected chi connectivity index (χ2v) is 5.23. The third-order valence-electron chi connectivity index (χ3n) is 3.45. The zero-order valence-corrected chi connectivity index (χ0v) is 12.1. The fourth-order valence-corrected chi connectivity index (χ4v) is 2.37. The summed E-state index contributed by atoms with van der Waals surface area (Å²) in [6.45, 7) is 4.46. The Bertz CT molecular complexity index is 491. The summed E-state index contributed by atoms with van der Waals surface area (Å²) in [5, 5.41) is 2.44. The summed E-state index contributed by atoms with van der Waals surface area (Å²) in [7, 11) is 0. The standard InChI is InChI=1S/C15H20F2N2O2/c1-2-6-19(9-11-5-7-21-10-11)15(20)18-14-8-12(16)3-4-13(14)17/h3-4,8,11H,2,5-7,9-10H2,1H3,(H,18,20). The lowest BCUT2D eigenvalue weighted by Gasteiger charge is -2.25. The van der Waals surface area contributed by atoms with Crippen molar-refractivity contribution in [1.29, 1.82) is 0 Å². The highest BCUT2D eigenvalue weighted by Crippen LogP contribution is 2.18. The van der Waals surface area contributed by atoms with Gasteiger partial charge in [-0.15, -0.1) is 0 Å². The molecule has 1 unspecified atom stereocenters. The van der Waals surface area contributed by atoms with Crippen molar-refractivity contribution in [2.75, 3.05) is 31.6 Å². The number of amides is 2. The van der Waals surface area contributed by atoms with Crippen molar-refractivity contribution in [2.45, 2.75) is 19.8 Å². The molecule has 1 aliphatic heterocycles. The zero-order chi connectivity index (χ0) is 15.2. The average molecular weight is 298 g/mol. The van der Waals surface area contributed by atoms with Crippen LogP contribution in [0.15, 0.2) is 18.2 Å². The van der Waals surface area contributed by atoms with Crippen LogP contribution in [0.1, 0.15) is 19.8 Å². The van der Waals surface area contributed by atoms with Gasteiger partial charge in [-0.05, 0) is 25.0 Å². The van der Waals surface area contributed by atoms with Crippen LogP contribution < -0.4 is 5.32 Å². The van der Waals surface area contributed by atoms with Gasteiger partial charge in [-0.2, -0.15) is 0 Å². The molecule has 0 aliphatic carbocycles. The Kier molecular flexibility index (Phi) is 5.50. The summed E-state index contributed by atoms with van der Waals surface area (Å²) < 4.78 is 32.0. The first-order chi connectivity index (χ1) is 10.1. The van der Waals surface area contributed by atoms with Crippen molar-refractivity contribution < 1.29 is 18.3 Å². The van der Waals surface area contributed by atoms with Gasteiger partial charge >= 0.3 is 6.03 Å². The topological polar surface area (TPSA) is 41.6 Å². The Labute approximate surface area is 123 Å². The molecule has 1 saturated heterocycles. The van der Waals surface area contributed by atoms with Crippen LogP contribution in [0, 0.1) is 17.6 Å². The second kappa shape index (κ2) is 7.36. The molecule has 2 rings (SSSR count). The van der Waals surface area contributed by atoms with Crippen molar-refractivity contribution in [3.8, 4) is 0 Å². The van der Waals surface area contributed by atoms with Crippen LogP contribution in [-0.2, 0) is 4.74 Å². The van der Waals surface area contributed by atoms with Crippen molar-refractivity contribution in [1.82, 2.24) is 4.90 Å². The van der Waals surface area contributed by atoms with Gasteiger partial charge in [-0.25, -0.2) is 13.6 Å². The van der Waals surface area contributed by atoms with E-state index < -0.39 is 17.7 Å². The van der Waals surface area contributed by atoms with Crippen LogP contribution in [0.25, 0.3) is 0 Å². The largest absolute Gasteiger partial charge is 0.381 e. The summed E-state index contributed by atoms with van der Waals surface area (Å²) in [5.74, 6) is -0.928. The molecule has 21 heavy (non-hydrogen) atoms. The molecule has 4 nitrogen and oxygen atoms in total. The highest BCUT2D eigenvalue weighted by atomic mass is 19.1. The number of nitrogens with zero attached hydrogens (tertiary/aromatic N) is 1. The number of carbonyl (C=O) groups excluding carboxylic acids is 1. The number of ether oxygens (including phenoxy) is 1. The monoisotopic (exact) mass is 298 g/mol. The van der Waals surface area contributed by atoms with Gasteiger partial charge in [-0.3, -0.25) is 0 Å². The molecule has 1 N–H and O–H groups in total. The van der Waals surface area contributed by atoms with E-state index in [2.05, 4.69) is 5.32 Å². The molecule has 2 amide bonds. The Hall–Kier alpha value is -1.69. The third-order valence-corrected chi connectivity index (χ3v) is 3.45. The van der Waals surface area contributed by atoms with E-state index in [0.29, 0.717) is 32.2 Å². The number of anilines is 1. The van der Waals surface area contributed by atoms with E-state index in [-0.39, 0.29) is 5.69 Å². The highest BCUT2D eigenvalue weighted by Gasteiger charge is 2.22. The number of urea groups is 1. The second-order valence-electron chi connectivity index (χ2n) is 5.23. The summed E-state index contributed by atoms with van der Waals surface area (Å²) in [6, 6.07) is 2.59. The van der Waals surface area contributed by atoms with Crippen LogP contribution in [0.2, 0.25) is 0 Å². The van der Waals surface area contributed by atoms with E-state index in [1.165, 1.54) is 0 Å². The Balaban J connectivity index is 2.01. The number of nitrogens with one attached hydrogen (secondary N) is 1. The molecule has 1 atom stereocenters. The maximum Gasteiger partial charge on any atom is 0.321 e. The normalized spacial score (nSPS) is 17.8. The third kappa shape index (κ3) is 4.39. The number of hydrogen-bond acceptors (Lipinski definition) is 2. The predicted molar refractivity (Wildman–Crippen MR) is 76.2 cm³/mol. The average Bonchev–Trinajstić information content (AvgIpc) is 2.95. The van der Waals surface area contributed by atoms with Crippen LogP contribution in [-0.4, -0.2) is 37.2 Å². The van der Waals surface area contributed by atoms with E-state index in [1.54, 1.807) is 4.90 Å². The van der Waals surface area contributed by atoms with Crippen LogP contribution in [0.5, 0.6) is 0 Å². The highest BCUT2D eigenvalue weighted by molar-refractivity contribution is 5.89. The van der Waals surface area contributed by atoms with Crippen LogP contribution in [0.4, 0.5) is 19.3 Å². The van der Waals surface area contributed by atoms with Crippen molar-refractivity contribution in [3.63, 3.8) is 0 Å². The van der Waals surface area contributed by atoms with Crippen molar-refractivity contribution in [2.24, 2.45) is 5.92 Å². The van der Waals surface area contributed by atoms with Crippen LogP contribution in [0.3, 0.4) is 0 Å². The number of halogens is 2. The molecule has 1 aliphatic rings.